The minimum absolute atomic E-state index is 0.0474. The van der Waals surface area contributed by atoms with Crippen LogP contribution in [0.5, 0.6) is 0 Å². The molecule has 180 valence electrons. The Morgan fingerprint density at radius 3 is 2.42 bits per heavy atom. The lowest BCUT2D eigenvalue weighted by Gasteiger charge is -2.38. The lowest BCUT2D eigenvalue weighted by Crippen LogP contribution is -2.48. The van der Waals surface area contributed by atoms with Gasteiger partial charge < -0.3 is 14.6 Å². The van der Waals surface area contributed by atoms with Gasteiger partial charge in [-0.25, -0.2) is 17.8 Å². The van der Waals surface area contributed by atoms with E-state index >= 15 is 0 Å². The van der Waals surface area contributed by atoms with Crippen LogP contribution in [0.1, 0.15) is 37.1 Å². The number of nitrogens with one attached hydrogen (secondary N) is 1. The second-order valence-electron chi connectivity index (χ2n) is 9.03. The molecule has 10 heteroatoms. The first kappa shape index (κ1) is 23.8. The highest BCUT2D eigenvalue weighted by Gasteiger charge is 2.37. The fourth-order valence-corrected chi connectivity index (χ4v) is 6.17. The number of rotatable bonds is 6. The number of benzene rings is 1. The number of piperidine rings is 1. The van der Waals surface area contributed by atoms with E-state index in [0.29, 0.717) is 38.4 Å². The van der Waals surface area contributed by atoms with Crippen LogP contribution in [0.4, 0.5) is 4.39 Å². The van der Waals surface area contributed by atoms with Crippen molar-refractivity contribution in [2.75, 3.05) is 32.8 Å². The molecule has 2 aliphatic heterocycles. The molecule has 1 N–H and O–H groups in total. The zero-order chi connectivity index (χ0) is 23.6. The van der Waals surface area contributed by atoms with Gasteiger partial charge in [0.15, 0.2) is 5.03 Å². The number of carbonyl (C=O) groups is 1. The molecule has 0 unspecified atom stereocenters. The normalized spacial score (nSPS) is 20.0. The lowest BCUT2D eigenvalue weighted by atomic mass is 9.74. The Balaban J connectivity index is 1.37. The predicted octanol–water partition coefficient (Wildman–Crippen LogP) is 2.13. The van der Waals surface area contributed by atoms with Gasteiger partial charge in [0.1, 0.15) is 11.6 Å². The predicted molar refractivity (Wildman–Crippen MR) is 121 cm³/mol. The van der Waals surface area contributed by atoms with Crippen LogP contribution in [-0.4, -0.2) is 61.0 Å². The van der Waals surface area contributed by atoms with E-state index < -0.39 is 10.0 Å². The van der Waals surface area contributed by atoms with E-state index in [1.165, 1.54) is 22.6 Å². The molecule has 0 aliphatic carbocycles. The highest BCUT2D eigenvalue weighted by molar-refractivity contribution is 7.89. The van der Waals surface area contributed by atoms with Crippen LogP contribution in [-0.2, 0) is 32.0 Å². The number of nitrogens with zero attached hydrogens (tertiary/aromatic N) is 3. The number of carbonyl (C=O) groups excluding carboxylic acids is 1. The van der Waals surface area contributed by atoms with Crippen molar-refractivity contribution in [3.8, 4) is 0 Å². The van der Waals surface area contributed by atoms with Crippen molar-refractivity contribution in [2.24, 2.45) is 13.0 Å². The van der Waals surface area contributed by atoms with Gasteiger partial charge in [0.25, 0.3) is 10.0 Å². The smallest absolute Gasteiger partial charge is 0.262 e. The summed E-state index contributed by atoms with van der Waals surface area (Å²) < 4.78 is 47.8. The number of imidazole rings is 1. The number of ether oxygens (including phenoxy) is 1. The van der Waals surface area contributed by atoms with E-state index in [-0.39, 0.29) is 41.2 Å². The lowest BCUT2D eigenvalue weighted by molar-refractivity contribution is -0.126. The van der Waals surface area contributed by atoms with Gasteiger partial charge in [-0.05, 0) is 50.3 Å². The van der Waals surface area contributed by atoms with E-state index in [0.717, 1.165) is 18.4 Å². The largest absolute Gasteiger partial charge is 0.381 e. The standard InChI is InChI=1S/C23H31FN4O4S/c1-17-26-21(15-27(17)2)33(30,31)28-11-7-18(8-12-28)22(29)25-16-23(9-13-32-14-10-23)19-3-5-20(24)6-4-19/h3-6,15,18H,7-14,16H2,1-2H3,(H,25,29). The molecule has 0 saturated carbocycles. The van der Waals surface area contributed by atoms with E-state index in [1.54, 1.807) is 30.7 Å². The van der Waals surface area contributed by atoms with E-state index in [4.69, 9.17) is 4.74 Å². The fraction of sp³-hybridized carbons (Fsp3) is 0.565. The number of amides is 1. The second kappa shape index (κ2) is 9.52. The number of hydrogen-bond donors (Lipinski definition) is 1. The van der Waals surface area contributed by atoms with Crippen molar-refractivity contribution >= 4 is 15.9 Å². The molecule has 2 aliphatic rings. The molecular weight excluding hydrogens is 447 g/mol. The summed E-state index contributed by atoms with van der Waals surface area (Å²) >= 11 is 0. The first-order valence-corrected chi connectivity index (χ1v) is 12.8. The molecule has 2 fully saturated rings. The fourth-order valence-electron chi connectivity index (χ4n) is 4.67. The maximum absolute atomic E-state index is 13.4. The van der Waals surface area contributed by atoms with E-state index in [2.05, 4.69) is 10.3 Å². The highest BCUT2D eigenvalue weighted by Crippen LogP contribution is 2.34. The Morgan fingerprint density at radius 2 is 1.85 bits per heavy atom. The van der Waals surface area contributed by atoms with Crippen molar-refractivity contribution in [1.82, 2.24) is 19.2 Å². The molecule has 1 aromatic heterocycles. The van der Waals surface area contributed by atoms with Crippen molar-refractivity contribution < 1.29 is 22.3 Å². The molecule has 1 amide bonds. The minimum atomic E-state index is -3.67. The Hall–Kier alpha value is -2.30. The third kappa shape index (κ3) is 4.97. The van der Waals surface area contributed by atoms with Crippen molar-refractivity contribution in [2.45, 2.75) is 43.0 Å². The van der Waals surface area contributed by atoms with Gasteiger partial charge in [-0.1, -0.05) is 12.1 Å². The summed E-state index contributed by atoms with van der Waals surface area (Å²) in [5, 5.41) is 3.15. The molecule has 0 radical (unpaired) electrons. The van der Waals surface area contributed by atoms with Crippen molar-refractivity contribution in [3.05, 3.63) is 47.7 Å². The molecule has 3 heterocycles. The van der Waals surface area contributed by atoms with Gasteiger partial charge in [-0.2, -0.15) is 4.31 Å². The quantitative estimate of drug-likeness (QED) is 0.687. The monoisotopic (exact) mass is 478 g/mol. The maximum Gasteiger partial charge on any atom is 0.262 e. The average molecular weight is 479 g/mol. The zero-order valence-electron chi connectivity index (χ0n) is 19.1. The van der Waals surface area contributed by atoms with Gasteiger partial charge in [0.05, 0.1) is 0 Å². The summed E-state index contributed by atoms with van der Waals surface area (Å²) in [6.07, 6.45) is 3.94. The number of sulfonamides is 1. The maximum atomic E-state index is 13.4. The Morgan fingerprint density at radius 1 is 1.21 bits per heavy atom. The summed E-state index contributed by atoms with van der Waals surface area (Å²) in [5.74, 6) is 0.0411. The molecule has 4 rings (SSSR count). The molecular formula is C23H31FN4O4S. The summed E-state index contributed by atoms with van der Waals surface area (Å²) in [6, 6.07) is 6.48. The molecule has 8 nitrogen and oxygen atoms in total. The summed E-state index contributed by atoms with van der Waals surface area (Å²) in [6.45, 7) is 3.96. The molecule has 0 bridgehead atoms. The first-order chi connectivity index (χ1) is 15.7. The van der Waals surface area contributed by atoms with Gasteiger partial charge >= 0.3 is 0 Å². The van der Waals surface area contributed by atoms with Gasteiger partial charge in [-0.3, -0.25) is 4.79 Å². The Kier molecular flexibility index (Phi) is 6.88. The topological polar surface area (TPSA) is 93.5 Å². The summed E-state index contributed by atoms with van der Waals surface area (Å²) in [5.41, 5.74) is 0.710. The summed E-state index contributed by atoms with van der Waals surface area (Å²) in [4.78, 5) is 17.1. The van der Waals surface area contributed by atoms with Crippen LogP contribution in [0.3, 0.4) is 0 Å². The Labute approximate surface area is 194 Å². The Bertz CT molecular complexity index is 1070. The van der Waals surface area contributed by atoms with E-state index in [9.17, 15) is 17.6 Å². The molecule has 0 atom stereocenters. The van der Waals surface area contributed by atoms with Crippen molar-refractivity contribution in [1.29, 1.82) is 0 Å². The molecule has 0 spiro atoms. The first-order valence-electron chi connectivity index (χ1n) is 11.3. The van der Waals surface area contributed by atoms with Gasteiger partial charge in [0, 0.05) is 57.4 Å². The summed E-state index contributed by atoms with van der Waals surface area (Å²) in [7, 11) is -1.91. The van der Waals surface area contributed by atoms with Crippen LogP contribution in [0.15, 0.2) is 35.5 Å². The highest BCUT2D eigenvalue weighted by atomic mass is 32.2. The minimum Gasteiger partial charge on any atom is -0.381 e. The van der Waals surface area contributed by atoms with Crippen LogP contribution in [0.25, 0.3) is 0 Å². The molecule has 33 heavy (non-hydrogen) atoms. The van der Waals surface area contributed by atoms with Crippen LogP contribution in [0, 0.1) is 18.7 Å². The number of aryl methyl sites for hydroxylation is 2. The second-order valence-corrected chi connectivity index (χ2v) is 10.9. The molecule has 1 aromatic carbocycles. The van der Waals surface area contributed by atoms with Crippen LogP contribution < -0.4 is 5.32 Å². The third-order valence-electron chi connectivity index (χ3n) is 7.02. The third-order valence-corrected chi connectivity index (χ3v) is 8.79. The molecule has 2 aromatic rings. The SMILES string of the molecule is Cc1nc(S(=O)(=O)N2CCC(C(=O)NCC3(c4ccc(F)cc4)CCOCC3)CC2)cn1C. The van der Waals surface area contributed by atoms with Crippen LogP contribution in [0.2, 0.25) is 0 Å². The zero-order valence-corrected chi connectivity index (χ0v) is 19.9. The van der Waals surface area contributed by atoms with E-state index in [1.807, 2.05) is 0 Å². The van der Waals surface area contributed by atoms with Crippen LogP contribution >= 0.6 is 0 Å². The number of aromatic nitrogens is 2. The van der Waals surface area contributed by atoms with Crippen molar-refractivity contribution in [3.63, 3.8) is 0 Å². The van der Waals surface area contributed by atoms with Gasteiger partial charge in [0.2, 0.25) is 5.91 Å². The number of hydrogen-bond acceptors (Lipinski definition) is 5. The average Bonchev–Trinajstić information content (AvgIpc) is 3.17. The molecule has 2 saturated heterocycles. The van der Waals surface area contributed by atoms with Gasteiger partial charge in [-0.15, -0.1) is 0 Å². The number of halogens is 1.